The molecule has 0 saturated carbocycles. The Bertz CT molecular complexity index is 312. The van der Waals surface area contributed by atoms with Crippen molar-refractivity contribution in [2.45, 2.75) is 74.3 Å². The summed E-state index contributed by atoms with van der Waals surface area (Å²) in [4.78, 5) is 20.9. The second-order valence-electron chi connectivity index (χ2n) is 8.67. The summed E-state index contributed by atoms with van der Waals surface area (Å²) in [5.74, 6) is -2.95. The Morgan fingerprint density at radius 3 is 1.22 bits per heavy atom. The van der Waals surface area contributed by atoms with E-state index in [1.54, 1.807) is 20.8 Å². The molecule has 0 aliphatic rings. The monoisotopic (exact) mass is 512 g/mol. The smallest absolute Gasteiger partial charge is 0.673 e. The molecular formula is C17H35NO4Pt. The van der Waals surface area contributed by atoms with Gasteiger partial charge in [-0.2, -0.15) is 5.41 Å². The summed E-state index contributed by atoms with van der Waals surface area (Å²) < 4.78 is 0. The van der Waals surface area contributed by atoms with Gasteiger partial charge in [-0.25, -0.2) is 0 Å². The summed E-state index contributed by atoms with van der Waals surface area (Å²) in [5.41, 5.74) is 6.43. The van der Waals surface area contributed by atoms with Crippen molar-refractivity contribution >= 4 is 11.9 Å². The maximum absolute atomic E-state index is 10.6. The summed E-state index contributed by atoms with van der Waals surface area (Å²) in [6.07, 6.45) is -0.321. The predicted octanol–water partition coefficient (Wildman–Crippen LogP) is 4.91. The van der Waals surface area contributed by atoms with Crippen molar-refractivity contribution in [2.75, 3.05) is 0 Å². The molecule has 0 amide bonds. The van der Waals surface area contributed by atoms with Crippen molar-refractivity contribution in [2.24, 2.45) is 16.7 Å². The number of hydrogen-bond acceptors (Lipinski definition) is 2. The van der Waals surface area contributed by atoms with Gasteiger partial charge in [0.2, 0.25) is 0 Å². The quantitative estimate of drug-likeness (QED) is 0.525. The van der Waals surface area contributed by atoms with E-state index in [9.17, 15) is 9.59 Å². The molecule has 0 bridgehead atoms. The van der Waals surface area contributed by atoms with Crippen LogP contribution in [0.3, 0.4) is 0 Å². The molecule has 3 N–H and O–H groups in total. The van der Waals surface area contributed by atoms with Gasteiger partial charge in [-0.1, -0.05) is 62.3 Å². The second kappa shape index (κ2) is 12.0. The summed E-state index contributed by atoms with van der Waals surface area (Å²) >= 11 is 0. The van der Waals surface area contributed by atoms with E-state index in [0.29, 0.717) is 0 Å². The van der Waals surface area contributed by atoms with Crippen LogP contribution in [0.4, 0.5) is 0 Å². The minimum absolute atomic E-state index is 0. The van der Waals surface area contributed by atoms with Crippen LogP contribution in [0, 0.1) is 23.7 Å². The standard InChI is InChI=1S/C8H14O4.C5H11.C4H10N.Pt/c1-8(2,3)5(7(11)12)4-6(9)10;1-5(2,3)4;1-4(2,3)5;/h5H,4H2,1-3H3,(H,9,10)(H,11,12);1H2,2-4H3;5H,1-3H3;/q;2*-1;+2. The van der Waals surface area contributed by atoms with Gasteiger partial charge >= 0.3 is 33.0 Å². The summed E-state index contributed by atoms with van der Waals surface area (Å²) in [5, 5.41) is 17.1. The van der Waals surface area contributed by atoms with Gasteiger partial charge in [0, 0.05) is 0 Å². The summed E-state index contributed by atoms with van der Waals surface area (Å²) in [6.45, 7) is 20.7. The topological polar surface area (TPSA) is 98.4 Å². The van der Waals surface area contributed by atoms with Crippen LogP contribution in [0.15, 0.2) is 0 Å². The molecule has 1 unspecified atom stereocenters. The third-order valence-corrected chi connectivity index (χ3v) is 1.72. The fourth-order valence-corrected chi connectivity index (χ4v) is 0.939. The molecule has 0 radical (unpaired) electrons. The van der Waals surface area contributed by atoms with Gasteiger partial charge in [0.15, 0.2) is 0 Å². The Hall–Kier alpha value is -0.412. The second-order valence-corrected chi connectivity index (χ2v) is 8.67. The number of carbonyl (C=O) groups is 2. The maximum Gasteiger partial charge on any atom is 2.00 e. The van der Waals surface area contributed by atoms with Crippen LogP contribution in [0.1, 0.15) is 68.7 Å². The van der Waals surface area contributed by atoms with Crippen LogP contribution in [-0.2, 0) is 30.7 Å². The number of hydrogen-bond donors (Lipinski definition) is 2. The Morgan fingerprint density at radius 1 is 0.957 bits per heavy atom. The number of carboxylic acid groups (broad SMARTS) is 2. The van der Waals surface area contributed by atoms with E-state index >= 15 is 0 Å². The van der Waals surface area contributed by atoms with Gasteiger partial charge in [0.1, 0.15) is 0 Å². The first-order valence-corrected chi connectivity index (χ1v) is 7.30. The Morgan fingerprint density at radius 2 is 1.17 bits per heavy atom. The molecule has 0 saturated heterocycles. The average molecular weight is 513 g/mol. The Balaban J connectivity index is -0.000000137. The third-order valence-electron chi connectivity index (χ3n) is 1.72. The van der Waals surface area contributed by atoms with Crippen molar-refractivity contribution in [1.82, 2.24) is 0 Å². The van der Waals surface area contributed by atoms with E-state index in [0.717, 1.165) is 0 Å². The molecule has 6 heteroatoms. The van der Waals surface area contributed by atoms with E-state index in [2.05, 4.69) is 27.7 Å². The van der Waals surface area contributed by atoms with E-state index in [-0.39, 0.29) is 38.4 Å². The largest absolute Gasteiger partial charge is 2.00 e. The van der Waals surface area contributed by atoms with Gasteiger partial charge in [0.25, 0.3) is 0 Å². The van der Waals surface area contributed by atoms with Gasteiger partial charge in [-0.15, -0.1) is 5.54 Å². The van der Waals surface area contributed by atoms with Crippen molar-refractivity contribution in [1.29, 1.82) is 0 Å². The van der Waals surface area contributed by atoms with Crippen LogP contribution in [-0.4, -0.2) is 27.7 Å². The number of carboxylic acids is 2. The molecule has 142 valence electrons. The molecule has 0 spiro atoms. The Labute approximate surface area is 156 Å². The first kappa shape index (κ1) is 30.5. The van der Waals surface area contributed by atoms with Gasteiger partial charge in [0.05, 0.1) is 12.3 Å². The van der Waals surface area contributed by atoms with Gasteiger partial charge < -0.3 is 22.9 Å². The Kier molecular flexibility index (Phi) is 15.9. The molecule has 0 aliphatic heterocycles. The van der Waals surface area contributed by atoms with Crippen molar-refractivity contribution in [3.8, 4) is 0 Å². The molecule has 23 heavy (non-hydrogen) atoms. The zero-order valence-corrected chi connectivity index (χ0v) is 18.3. The molecule has 0 aromatic heterocycles. The third kappa shape index (κ3) is 44.9. The fraction of sp³-hybridized carbons (Fsp3) is 0.824. The van der Waals surface area contributed by atoms with Crippen LogP contribution in [0.2, 0.25) is 0 Å². The van der Waals surface area contributed by atoms with E-state index in [1.807, 2.05) is 20.8 Å². The molecule has 0 heterocycles. The van der Waals surface area contributed by atoms with Crippen LogP contribution in [0.25, 0.3) is 5.73 Å². The van der Waals surface area contributed by atoms with E-state index < -0.39 is 23.3 Å². The molecule has 0 aromatic rings. The minimum atomic E-state index is -1.07. The molecule has 0 fully saturated rings. The minimum Gasteiger partial charge on any atom is -0.673 e. The predicted molar refractivity (Wildman–Crippen MR) is 91.7 cm³/mol. The first-order chi connectivity index (χ1) is 9.25. The first-order valence-electron chi connectivity index (χ1n) is 7.30. The molecule has 0 aromatic carbocycles. The maximum atomic E-state index is 10.6. The van der Waals surface area contributed by atoms with Gasteiger partial charge in [-0.05, 0) is 5.41 Å². The zero-order chi connectivity index (χ0) is 18.9. The number of aliphatic carboxylic acids is 2. The van der Waals surface area contributed by atoms with Crippen LogP contribution >= 0.6 is 0 Å². The SMILES string of the molecule is CC(C)(C)C(CC(=O)O)C(=O)O.CC(C)(C)[NH-].[CH2-]C(C)(C)C.[Pt+2]. The zero-order valence-electron chi connectivity index (χ0n) is 16.0. The molecule has 0 aliphatic carbocycles. The average Bonchev–Trinajstić information content (AvgIpc) is 2.05. The van der Waals surface area contributed by atoms with E-state index in [1.165, 1.54) is 0 Å². The number of rotatable bonds is 3. The molecule has 5 nitrogen and oxygen atoms in total. The molecule has 1 atom stereocenters. The van der Waals surface area contributed by atoms with Crippen LogP contribution < -0.4 is 0 Å². The molecule has 0 rings (SSSR count). The summed E-state index contributed by atoms with van der Waals surface area (Å²) in [7, 11) is 0. The van der Waals surface area contributed by atoms with Crippen molar-refractivity contribution in [3.05, 3.63) is 12.7 Å². The van der Waals surface area contributed by atoms with Crippen molar-refractivity contribution < 1.29 is 40.9 Å². The van der Waals surface area contributed by atoms with E-state index in [4.69, 9.17) is 15.9 Å². The fourth-order valence-electron chi connectivity index (χ4n) is 0.939. The summed E-state index contributed by atoms with van der Waals surface area (Å²) in [6, 6.07) is 0. The van der Waals surface area contributed by atoms with Crippen molar-refractivity contribution in [3.63, 3.8) is 0 Å². The molecular weight excluding hydrogens is 477 g/mol. The normalized spacial score (nSPS) is 12.5. The van der Waals surface area contributed by atoms with Crippen LogP contribution in [0.5, 0.6) is 0 Å². The van der Waals surface area contributed by atoms with Gasteiger partial charge in [-0.3, -0.25) is 9.59 Å². The number of nitrogens with one attached hydrogen (secondary N) is 1.